The second-order valence-corrected chi connectivity index (χ2v) is 4.54. The van der Waals surface area contributed by atoms with Gasteiger partial charge in [0.05, 0.1) is 19.1 Å². The molecule has 18 heavy (non-hydrogen) atoms. The molecule has 1 aromatic carbocycles. The van der Waals surface area contributed by atoms with Crippen LogP contribution in [0.4, 0.5) is 0 Å². The maximum absolute atomic E-state index is 11.5. The summed E-state index contributed by atoms with van der Waals surface area (Å²) in [4.78, 5) is 11.5. The van der Waals surface area contributed by atoms with Gasteiger partial charge in [-0.15, -0.1) is 0 Å². The number of carbonyl (C=O) groups is 1. The summed E-state index contributed by atoms with van der Waals surface area (Å²) in [7, 11) is 1.58. The van der Waals surface area contributed by atoms with E-state index in [9.17, 15) is 9.90 Å². The predicted molar refractivity (Wildman–Crippen MR) is 67.3 cm³/mol. The van der Waals surface area contributed by atoms with Crippen LogP contribution in [-0.4, -0.2) is 24.8 Å². The van der Waals surface area contributed by atoms with Gasteiger partial charge in [0.1, 0.15) is 11.5 Å². The molecule has 98 valence electrons. The zero-order valence-corrected chi connectivity index (χ0v) is 10.7. The summed E-state index contributed by atoms with van der Waals surface area (Å²) in [5.41, 5.74) is 0.000411. The minimum absolute atomic E-state index is 0.510. The van der Waals surface area contributed by atoms with E-state index in [1.54, 1.807) is 19.2 Å². The lowest BCUT2D eigenvalue weighted by Crippen LogP contribution is -2.42. The molecule has 4 nitrogen and oxygen atoms in total. The van der Waals surface area contributed by atoms with E-state index in [1.165, 1.54) is 0 Å². The summed E-state index contributed by atoms with van der Waals surface area (Å²) in [6, 6.07) is 5.37. The largest absolute Gasteiger partial charge is 0.497 e. The Morgan fingerprint density at radius 3 is 2.61 bits per heavy atom. The van der Waals surface area contributed by atoms with E-state index in [4.69, 9.17) is 9.47 Å². The maximum Gasteiger partial charge on any atom is 0.314 e. The van der Waals surface area contributed by atoms with E-state index in [2.05, 4.69) is 0 Å². The van der Waals surface area contributed by atoms with Gasteiger partial charge in [0.2, 0.25) is 0 Å². The Kier molecular flexibility index (Phi) is 3.45. The van der Waals surface area contributed by atoms with Crippen LogP contribution in [0, 0.1) is 0 Å². The quantitative estimate of drug-likeness (QED) is 0.872. The smallest absolute Gasteiger partial charge is 0.314 e. The van der Waals surface area contributed by atoms with E-state index in [-0.39, 0.29) is 0 Å². The fourth-order valence-electron chi connectivity index (χ4n) is 2.43. The third-order valence-electron chi connectivity index (χ3n) is 3.62. The molecule has 0 aromatic heterocycles. The molecule has 4 heteroatoms. The maximum atomic E-state index is 11.5. The van der Waals surface area contributed by atoms with Crippen LogP contribution >= 0.6 is 0 Å². The van der Waals surface area contributed by atoms with E-state index in [0.29, 0.717) is 30.9 Å². The topological polar surface area (TPSA) is 55.8 Å². The van der Waals surface area contributed by atoms with Gasteiger partial charge in [0.15, 0.2) is 0 Å². The highest BCUT2D eigenvalue weighted by atomic mass is 16.5. The molecule has 0 spiro atoms. The molecule has 2 rings (SSSR count). The zero-order valence-electron chi connectivity index (χ0n) is 10.7. The number of carboxylic acid groups (broad SMARTS) is 1. The minimum Gasteiger partial charge on any atom is -0.497 e. The lowest BCUT2D eigenvalue weighted by atomic mass is 9.64. The first-order valence-electron chi connectivity index (χ1n) is 6.19. The van der Waals surface area contributed by atoms with Gasteiger partial charge in [-0.3, -0.25) is 4.79 Å². The van der Waals surface area contributed by atoms with E-state index in [0.717, 1.165) is 12.0 Å². The van der Waals surface area contributed by atoms with Crippen molar-refractivity contribution in [2.24, 2.45) is 0 Å². The number of ether oxygens (including phenoxy) is 2. The molecular formula is C14H18O4. The van der Waals surface area contributed by atoms with E-state index < -0.39 is 11.4 Å². The monoisotopic (exact) mass is 250 g/mol. The van der Waals surface area contributed by atoms with Crippen LogP contribution in [0.25, 0.3) is 0 Å². The number of benzene rings is 1. The average Bonchev–Trinajstić information content (AvgIpc) is 2.29. The third kappa shape index (κ3) is 1.92. The fraction of sp³-hybridized carbons (Fsp3) is 0.500. The lowest BCUT2D eigenvalue weighted by molar-refractivity contribution is -0.147. The van der Waals surface area contributed by atoms with Crippen LogP contribution in [0.15, 0.2) is 18.2 Å². The van der Waals surface area contributed by atoms with Crippen LogP contribution in [0.1, 0.15) is 31.7 Å². The average molecular weight is 250 g/mol. The Morgan fingerprint density at radius 2 is 2.17 bits per heavy atom. The molecule has 0 bridgehead atoms. The van der Waals surface area contributed by atoms with Crippen molar-refractivity contribution < 1.29 is 19.4 Å². The van der Waals surface area contributed by atoms with Gasteiger partial charge in [-0.25, -0.2) is 0 Å². The number of aliphatic carboxylic acids is 1. The zero-order chi connectivity index (χ0) is 13.2. The van der Waals surface area contributed by atoms with Gasteiger partial charge in [-0.05, 0) is 25.8 Å². The van der Waals surface area contributed by atoms with Crippen LogP contribution in [0.5, 0.6) is 11.5 Å². The first-order chi connectivity index (χ1) is 8.64. The molecule has 0 saturated heterocycles. The Balaban J connectivity index is 2.45. The van der Waals surface area contributed by atoms with Crippen LogP contribution in [0.3, 0.4) is 0 Å². The second-order valence-electron chi connectivity index (χ2n) is 4.54. The third-order valence-corrected chi connectivity index (χ3v) is 3.62. The van der Waals surface area contributed by atoms with Crippen molar-refractivity contribution in [3.05, 3.63) is 23.8 Å². The van der Waals surface area contributed by atoms with Crippen molar-refractivity contribution in [2.75, 3.05) is 13.7 Å². The van der Waals surface area contributed by atoms with Gasteiger partial charge in [0.25, 0.3) is 0 Å². The summed E-state index contributed by atoms with van der Waals surface area (Å²) >= 11 is 0. The van der Waals surface area contributed by atoms with Crippen molar-refractivity contribution in [1.82, 2.24) is 0 Å². The van der Waals surface area contributed by atoms with Gasteiger partial charge >= 0.3 is 5.97 Å². The molecular weight excluding hydrogens is 232 g/mol. The highest BCUT2D eigenvalue weighted by molar-refractivity contribution is 5.83. The predicted octanol–water partition coefficient (Wildman–Crippen LogP) is 2.60. The first-order valence-corrected chi connectivity index (χ1v) is 6.19. The normalized spacial score (nSPS) is 16.8. The SMILES string of the molecule is CCOc1cc(OC)ccc1C1(C(=O)O)CCC1. The Bertz CT molecular complexity index is 449. The molecule has 1 fully saturated rings. The van der Waals surface area contributed by atoms with E-state index >= 15 is 0 Å². The van der Waals surface area contributed by atoms with Crippen LogP contribution in [0.2, 0.25) is 0 Å². The van der Waals surface area contributed by atoms with Gasteiger partial charge in [0, 0.05) is 11.6 Å². The lowest BCUT2D eigenvalue weighted by Gasteiger charge is -2.39. The van der Waals surface area contributed by atoms with Crippen molar-refractivity contribution >= 4 is 5.97 Å². The number of carboxylic acids is 1. The molecule has 0 amide bonds. The number of hydrogen-bond acceptors (Lipinski definition) is 3. The van der Waals surface area contributed by atoms with Crippen molar-refractivity contribution in [2.45, 2.75) is 31.6 Å². The Morgan fingerprint density at radius 1 is 1.44 bits per heavy atom. The van der Waals surface area contributed by atoms with Crippen LogP contribution < -0.4 is 9.47 Å². The first kappa shape index (κ1) is 12.7. The highest BCUT2D eigenvalue weighted by Crippen LogP contribution is 2.48. The van der Waals surface area contributed by atoms with Crippen LogP contribution in [-0.2, 0) is 10.2 Å². The molecule has 1 aliphatic carbocycles. The van der Waals surface area contributed by atoms with E-state index in [1.807, 2.05) is 13.0 Å². The second kappa shape index (κ2) is 4.88. The molecule has 1 N–H and O–H groups in total. The summed E-state index contributed by atoms with van der Waals surface area (Å²) < 4.78 is 10.7. The number of methoxy groups -OCH3 is 1. The molecule has 0 atom stereocenters. The minimum atomic E-state index is -0.767. The fourth-order valence-corrected chi connectivity index (χ4v) is 2.43. The molecule has 1 aliphatic rings. The molecule has 1 aromatic rings. The molecule has 0 heterocycles. The standard InChI is InChI=1S/C14H18O4/c1-3-18-12-9-10(17-2)5-6-11(12)14(13(15)16)7-4-8-14/h5-6,9H,3-4,7-8H2,1-2H3,(H,15,16). The van der Waals surface area contributed by atoms with Crippen molar-refractivity contribution in [3.8, 4) is 11.5 Å². The summed E-state index contributed by atoms with van der Waals surface area (Å²) in [6.07, 6.45) is 2.30. The highest BCUT2D eigenvalue weighted by Gasteiger charge is 2.47. The summed E-state index contributed by atoms with van der Waals surface area (Å²) in [5, 5.41) is 9.47. The molecule has 0 radical (unpaired) electrons. The summed E-state index contributed by atoms with van der Waals surface area (Å²) in [5.74, 6) is 0.542. The Hall–Kier alpha value is -1.71. The van der Waals surface area contributed by atoms with Crippen molar-refractivity contribution in [3.63, 3.8) is 0 Å². The van der Waals surface area contributed by atoms with Gasteiger partial charge in [-0.2, -0.15) is 0 Å². The van der Waals surface area contributed by atoms with Gasteiger partial charge < -0.3 is 14.6 Å². The molecule has 1 saturated carbocycles. The van der Waals surface area contributed by atoms with Crippen molar-refractivity contribution in [1.29, 1.82) is 0 Å². The molecule has 0 aliphatic heterocycles. The number of hydrogen-bond donors (Lipinski definition) is 1. The Labute approximate surface area is 107 Å². The van der Waals surface area contributed by atoms with Gasteiger partial charge in [-0.1, -0.05) is 12.5 Å². The number of rotatable bonds is 5. The summed E-state index contributed by atoms with van der Waals surface area (Å²) in [6.45, 7) is 2.40. The molecule has 0 unspecified atom stereocenters.